The first-order valence-corrected chi connectivity index (χ1v) is 6.48. The van der Waals surface area contributed by atoms with E-state index in [9.17, 15) is 4.79 Å². The Bertz CT molecular complexity index is 248. The lowest BCUT2D eigenvalue weighted by molar-refractivity contribution is -0.154. The second-order valence-corrected chi connectivity index (χ2v) is 5.96. The fourth-order valence-electron chi connectivity index (χ4n) is 2.08. The summed E-state index contributed by atoms with van der Waals surface area (Å²) in [6.07, 6.45) is 1.72. The number of likely N-dealkylation sites (tertiary alicyclic amines) is 1. The Morgan fingerprint density at radius 2 is 2.18 bits per heavy atom. The van der Waals surface area contributed by atoms with Crippen LogP contribution in [-0.4, -0.2) is 49.7 Å². The molecule has 0 bridgehead atoms. The summed E-state index contributed by atoms with van der Waals surface area (Å²) in [4.78, 5) is 13.8. The van der Waals surface area contributed by atoms with Crippen LogP contribution in [0.5, 0.6) is 0 Å². The molecule has 4 nitrogen and oxygen atoms in total. The number of nitrogens with one attached hydrogen (secondary N) is 1. The van der Waals surface area contributed by atoms with Gasteiger partial charge >= 0.3 is 5.97 Å². The number of rotatable bonds is 5. The molecular formula is C13H26N2O2. The molecule has 1 atom stereocenters. The summed E-state index contributed by atoms with van der Waals surface area (Å²) in [7, 11) is 2.15. The lowest BCUT2D eigenvalue weighted by Crippen LogP contribution is -2.29. The molecule has 1 N–H and O–H groups in total. The smallest absolute Gasteiger partial charge is 0.307 e. The maximum atomic E-state index is 11.4. The van der Waals surface area contributed by atoms with Crippen LogP contribution in [0.4, 0.5) is 0 Å². The molecule has 1 aliphatic rings. The molecule has 4 heteroatoms. The highest BCUT2D eigenvalue weighted by molar-refractivity contribution is 5.70. The summed E-state index contributed by atoms with van der Waals surface area (Å²) in [6, 6.07) is 0. The molecule has 1 fully saturated rings. The zero-order chi connectivity index (χ0) is 12.9. The number of hydrogen-bond acceptors (Lipinski definition) is 4. The monoisotopic (exact) mass is 242 g/mol. The fourth-order valence-corrected chi connectivity index (χ4v) is 2.08. The van der Waals surface area contributed by atoms with Gasteiger partial charge in [0.2, 0.25) is 0 Å². The second-order valence-electron chi connectivity index (χ2n) is 5.96. The van der Waals surface area contributed by atoms with Gasteiger partial charge in [0.1, 0.15) is 5.60 Å². The summed E-state index contributed by atoms with van der Waals surface area (Å²) in [6.45, 7) is 9.77. The predicted octanol–water partition coefficient (Wildman–Crippen LogP) is 1.26. The molecule has 0 aromatic rings. The molecule has 0 amide bonds. The van der Waals surface area contributed by atoms with Crippen molar-refractivity contribution in [1.29, 1.82) is 0 Å². The maximum absolute atomic E-state index is 11.4. The van der Waals surface area contributed by atoms with E-state index in [0.717, 1.165) is 19.0 Å². The Labute approximate surface area is 105 Å². The van der Waals surface area contributed by atoms with Gasteiger partial charge < -0.3 is 15.0 Å². The first kappa shape index (κ1) is 14.5. The Morgan fingerprint density at radius 3 is 2.71 bits per heavy atom. The van der Waals surface area contributed by atoms with Crippen LogP contribution in [0.15, 0.2) is 0 Å². The summed E-state index contributed by atoms with van der Waals surface area (Å²) in [5.74, 6) is 0.618. The third-order valence-electron chi connectivity index (χ3n) is 2.85. The van der Waals surface area contributed by atoms with Crippen LogP contribution in [0.1, 0.15) is 33.6 Å². The minimum Gasteiger partial charge on any atom is -0.460 e. The maximum Gasteiger partial charge on any atom is 0.307 e. The quantitative estimate of drug-likeness (QED) is 0.582. The molecule has 0 spiro atoms. The lowest BCUT2D eigenvalue weighted by atomic mass is 10.1. The van der Waals surface area contributed by atoms with Gasteiger partial charge in [0.05, 0.1) is 6.42 Å². The topological polar surface area (TPSA) is 41.6 Å². The van der Waals surface area contributed by atoms with Gasteiger partial charge in [0.25, 0.3) is 0 Å². The van der Waals surface area contributed by atoms with Gasteiger partial charge in [-0.2, -0.15) is 0 Å². The van der Waals surface area contributed by atoms with Crippen molar-refractivity contribution in [1.82, 2.24) is 10.2 Å². The Balaban J connectivity index is 2.02. The molecule has 1 heterocycles. The van der Waals surface area contributed by atoms with E-state index in [2.05, 4.69) is 17.3 Å². The number of hydrogen-bond donors (Lipinski definition) is 1. The molecule has 1 aliphatic heterocycles. The summed E-state index contributed by atoms with van der Waals surface area (Å²) in [5, 5.41) is 3.34. The first-order valence-electron chi connectivity index (χ1n) is 6.48. The van der Waals surface area contributed by atoms with E-state index in [1.165, 1.54) is 19.5 Å². The van der Waals surface area contributed by atoms with E-state index in [1.807, 2.05) is 20.8 Å². The molecule has 1 saturated heterocycles. The van der Waals surface area contributed by atoms with E-state index in [4.69, 9.17) is 4.74 Å². The average Bonchev–Trinajstić information content (AvgIpc) is 2.56. The number of esters is 1. The van der Waals surface area contributed by atoms with Gasteiger partial charge in [-0.15, -0.1) is 0 Å². The second kappa shape index (κ2) is 6.36. The van der Waals surface area contributed by atoms with Gasteiger partial charge in [-0.1, -0.05) is 0 Å². The van der Waals surface area contributed by atoms with Crippen LogP contribution >= 0.6 is 0 Å². The number of nitrogens with zero attached hydrogens (tertiary/aromatic N) is 1. The summed E-state index contributed by atoms with van der Waals surface area (Å²) >= 11 is 0. The normalized spacial score (nSPS) is 21.8. The van der Waals surface area contributed by atoms with Crippen molar-refractivity contribution < 1.29 is 9.53 Å². The molecule has 1 unspecified atom stereocenters. The third-order valence-corrected chi connectivity index (χ3v) is 2.85. The SMILES string of the molecule is CN1CCC(CNCCC(=O)OC(C)(C)C)C1. The van der Waals surface area contributed by atoms with E-state index in [1.54, 1.807) is 0 Å². The molecule has 0 aromatic heterocycles. The van der Waals surface area contributed by atoms with Gasteiger partial charge in [0, 0.05) is 13.1 Å². The van der Waals surface area contributed by atoms with Crippen LogP contribution < -0.4 is 5.32 Å². The molecule has 100 valence electrons. The highest BCUT2D eigenvalue weighted by Gasteiger charge is 2.19. The molecule has 17 heavy (non-hydrogen) atoms. The van der Waals surface area contributed by atoms with Crippen LogP contribution in [0.2, 0.25) is 0 Å². The van der Waals surface area contributed by atoms with Crippen molar-refractivity contribution in [3.63, 3.8) is 0 Å². The van der Waals surface area contributed by atoms with Gasteiger partial charge in [-0.05, 0) is 53.2 Å². The van der Waals surface area contributed by atoms with Crippen LogP contribution in [-0.2, 0) is 9.53 Å². The standard InChI is InChI=1S/C13H26N2O2/c1-13(2,3)17-12(16)5-7-14-9-11-6-8-15(4)10-11/h11,14H,5-10H2,1-4H3. The zero-order valence-corrected chi connectivity index (χ0v) is 11.6. The Hall–Kier alpha value is -0.610. The Morgan fingerprint density at radius 1 is 1.47 bits per heavy atom. The van der Waals surface area contributed by atoms with Gasteiger partial charge in [0.15, 0.2) is 0 Å². The first-order chi connectivity index (χ1) is 7.87. The highest BCUT2D eigenvalue weighted by Crippen LogP contribution is 2.12. The fraction of sp³-hybridized carbons (Fsp3) is 0.923. The van der Waals surface area contributed by atoms with E-state index in [0.29, 0.717) is 6.42 Å². The molecule has 1 rings (SSSR count). The van der Waals surface area contributed by atoms with Crippen molar-refractivity contribution in [3.8, 4) is 0 Å². The molecular weight excluding hydrogens is 216 g/mol. The molecule has 0 aromatic carbocycles. The third kappa shape index (κ3) is 6.64. The van der Waals surface area contributed by atoms with Gasteiger partial charge in [-0.3, -0.25) is 4.79 Å². The summed E-state index contributed by atoms with van der Waals surface area (Å²) < 4.78 is 5.24. The number of ether oxygens (including phenoxy) is 1. The average molecular weight is 242 g/mol. The van der Waals surface area contributed by atoms with Crippen LogP contribution in [0.25, 0.3) is 0 Å². The Kier molecular flexibility index (Phi) is 5.40. The summed E-state index contributed by atoms with van der Waals surface area (Å²) in [5.41, 5.74) is -0.370. The van der Waals surface area contributed by atoms with E-state index < -0.39 is 0 Å². The van der Waals surface area contributed by atoms with Crippen molar-refractivity contribution in [2.45, 2.75) is 39.2 Å². The number of carbonyl (C=O) groups is 1. The van der Waals surface area contributed by atoms with Crippen molar-refractivity contribution >= 4 is 5.97 Å². The highest BCUT2D eigenvalue weighted by atomic mass is 16.6. The van der Waals surface area contributed by atoms with Gasteiger partial charge in [-0.25, -0.2) is 0 Å². The van der Waals surface area contributed by atoms with Crippen LogP contribution in [0.3, 0.4) is 0 Å². The molecule has 0 saturated carbocycles. The molecule has 0 aliphatic carbocycles. The minimum atomic E-state index is -0.370. The number of carbonyl (C=O) groups excluding carboxylic acids is 1. The predicted molar refractivity (Wildman–Crippen MR) is 68.9 cm³/mol. The van der Waals surface area contributed by atoms with Crippen LogP contribution in [0, 0.1) is 5.92 Å². The minimum absolute atomic E-state index is 0.117. The van der Waals surface area contributed by atoms with Crippen molar-refractivity contribution in [2.75, 3.05) is 33.2 Å². The van der Waals surface area contributed by atoms with Crippen molar-refractivity contribution in [3.05, 3.63) is 0 Å². The zero-order valence-electron chi connectivity index (χ0n) is 11.6. The largest absolute Gasteiger partial charge is 0.460 e. The van der Waals surface area contributed by atoms with E-state index >= 15 is 0 Å². The van der Waals surface area contributed by atoms with Crippen molar-refractivity contribution in [2.24, 2.45) is 5.92 Å². The molecule has 0 radical (unpaired) electrons. The lowest BCUT2D eigenvalue weighted by Gasteiger charge is -2.19. The van der Waals surface area contributed by atoms with E-state index in [-0.39, 0.29) is 11.6 Å².